The number of halogens is 1. The molecular weight excluding hydrogens is 475 g/mol. The number of hydrogen-bond donors (Lipinski definition) is 1. The molecule has 32 heavy (non-hydrogen) atoms. The fourth-order valence-electron chi connectivity index (χ4n) is 2.68. The van der Waals surface area contributed by atoms with E-state index in [1.165, 1.54) is 29.5 Å². The van der Waals surface area contributed by atoms with Gasteiger partial charge < -0.3 is 9.73 Å². The van der Waals surface area contributed by atoms with Crippen LogP contribution in [-0.2, 0) is 9.59 Å². The summed E-state index contributed by atoms with van der Waals surface area (Å²) < 4.78 is 19.3. The second kappa shape index (κ2) is 10.1. The Labute approximate surface area is 194 Å². The van der Waals surface area contributed by atoms with E-state index in [9.17, 15) is 18.8 Å². The number of nitrogens with one attached hydrogen (secondary N) is 1. The van der Waals surface area contributed by atoms with Crippen LogP contribution in [0.4, 0.5) is 9.18 Å². The van der Waals surface area contributed by atoms with Gasteiger partial charge in [0.05, 0.1) is 15.5 Å². The van der Waals surface area contributed by atoms with Crippen molar-refractivity contribution >= 4 is 58.0 Å². The Hall–Kier alpha value is -2.96. The fraction of sp³-hybridized carbons (Fsp3) is 0.150. The zero-order valence-electron chi connectivity index (χ0n) is 16.3. The molecule has 4 rings (SSSR count). The third-order valence-electron chi connectivity index (χ3n) is 4.19. The minimum Gasteiger partial charge on any atom is -0.410 e. The van der Waals surface area contributed by atoms with Gasteiger partial charge in [0.25, 0.3) is 22.3 Å². The lowest BCUT2D eigenvalue weighted by atomic mass is 10.2. The minimum absolute atomic E-state index is 0.0127. The summed E-state index contributed by atoms with van der Waals surface area (Å²) in [5.41, 5.74) is 0.228. The Bertz CT molecular complexity index is 1180. The highest BCUT2D eigenvalue weighted by molar-refractivity contribution is 8.18. The monoisotopic (exact) mass is 490 g/mol. The van der Waals surface area contributed by atoms with Gasteiger partial charge in [-0.3, -0.25) is 19.3 Å². The number of thioether (sulfide) groups is 2. The first-order chi connectivity index (χ1) is 15.5. The zero-order valence-corrected chi connectivity index (χ0v) is 18.8. The number of aromatic nitrogens is 2. The van der Waals surface area contributed by atoms with E-state index in [4.69, 9.17) is 4.42 Å². The van der Waals surface area contributed by atoms with Crippen LogP contribution in [0.15, 0.2) is 56.3 Å². The standard InChI is InChI=1S/C20H15FN4O4S3/c21-13-5-2-1-4-12(13)10-15-18(27)25(20(28)32-15)8-7-22-16(26)11-31-19-24-23-17(29-19)14-6-3-9-30-14/h1-6,9-10H,7-8,11H2,(H,22,26). The van der Waals surface area contributed by atoms with Crippen molar-refractivity contribution in [2.24, 2.45) is 0 Å². The molecule has 3 aromatic rings. The summed E-state index contributed by atoms with van der Waals surface area (Å²) in [4.78, 5) is 38.7. The minimum atomic E-state index is -0.515. The maximum absolute atomic E-state index is 13.8. The van der Waals surface area contributed by atoms with E-state index in [2.05, 4.69) is 15.5 Å². The number of carbonyl (C=O) groups excluding carboxylic acids is 3. The maximum atomic E-state index is 13.8. The quantitative estimate of drug-likeness (QED) is 0.375. The summed E-state index contributed by atoms with van der Waals surface area (Å²) in [5.74, 6) is -0.863. The van der Waals surface area contributed by atoms with Crippen molar-refractivity contribution in [3.8, 4) is 10.8 Å². The van der Waals surface area contributed by atoms with Crippen LogP contribution in [0.5, 0.6) is 0 Å². The molecule has 0 aliphatic carbocycles. The molecule has 2 aromatic heterocycles. The van der Waals surface area contributed by atoms with Gasteiger partial charge in [0.15, 0.2) is 0 Å². The lowest BCUT2D eigenvalue weighted by Crippen LogP contribution is -2.37. The lowest BCUT2D eigenvalue weighted by molar-refractivity contribution is -0.123. The largest absolute Gasteiger partial charge is 0.410 e. The van der Waals surface area contributed by atoms with E-state index in [1.54, 1.807) is 12.1 Å². The van der Waals surface area contributed by atoms with E-state index < -0.39 is 17.0 Å². The summed E-state index contributed by atoms with van der Waals surface area (Å²) in [7, 11) is 0. The average molecular weight is 491 g/mol. The molecule has 0 radical (unpaired) electrons. The van der Waals surface area contributed by atoms with Gasteiger partial charge in [-0.15, -0.1) is 21.5 Å². The highest BCUT2D eigenvalue weighted by Gasteiger charge is 2.34. The van der Waals surface area contributed by atoms with Gasteiger partial charge >= 0.3 is 0 Å². The summed E-state index contributed by atoms with van der Waals surface area (Å²) in [6, 6.07) is 9.71. The molecule has 1 aromatic carbocycles. The van der Waals surface area contributed by atoms with Crippen molar-refractivity contribution in [2.45, 2.75) is 5.22 Å². The van der Waals surface area contributed by atoms with Gasteiger partial charge in [-0.1, -0.05) is 36.0 Å². The van der Waals surface area contributed by atoms with Gasteiger partial charge in [0.2, 0.25) is 5.91 Å². The number of rotatable bonds is 8. The second-order valence-corrected chi connectivity index (χ2v) is 9.21. The number of benzene rings is 1. The molecule has 0 atom stereocenters. The van der Waals surface area contributed by atoms with Crippen molar-refractivity contribution in [3.05, 3.63) is 58.1 Å². The Morgan fingerprint density at radius 3 is 2.84 bits per heavy atom. The second-order valence-electron chi connectivity index (χ2n) is 6.34. The summed E-state index contributed by atoms with van der Waals surface area (Å²) in [6.45, 7) is 0.105. The number of imide groups is 1. The third kappa shape index (κ3) is 5.26. The van der Waals surface area contributed by atoms with Crippen LogP contribution in [-0.4, -0.2) is 51.0 Å². The molecule has 1 aliphatic rings. The van der Waals surface area contributed by atoms with Crippen LogP contribution in [0, 0.1) is 5.82 Å². The molecule has 3 heterocycles. The van der Waals surface area contributed by atoms with Crippen LogP contribution in [0.3, 0.4) is 0 Å². The lowest BCUT2D eigenvalue weighted by Gasteiger charge is -2.12. The predicted octanol–water partition coefficient (Wildman–Crippen LogP) is 3.88. The van der Waals surface area contributed by atoms with E-state index in [0.717, 1.165) is 33.3 Å². The molecule has 0 unspecified atom stereocenters. The normalized spacial score (nSPS) is 15.0. The highest BCUT2D eigenvalue weighted by Crippen LogP contribution is 2.32. The number of nitrogens with zero attached hydrogens (tertiary/aromatic N) is 3. The van der Waals surface area contributed by atoms with E-state index >= 15 is 0 Å². The molecule has 1 aliphatic heterocycles. The molecule has 1 saturated heterocycles. The molecule has 164 valence electrons. The highest BCUT2D eigenvalue weighted by atomic mass is 32.2. The Kier molecular flexibility index (Phi) is 7.02. The number of carbonyl (C=O) groups is 3. The van der Waals surface area contributed by atoms with Crippen molar-refractivity contribution in [3.63, 3.8) is 0 Å². The van der Waals surface area contributed by atoms with Crippen LogP contribution in [0.2, 0.25) is 0 Å². The summed E-state index contributed by atoms with van der Waals surface area (Å²) >= 11 is 3.30. The molecule has 0 bridgehead atoms. The van der Waals surface area contributed by atoms with Gasteiger partial charge in [0.1, 0.15) is 5.82 Å². The third-order valence-corrected chi connectivity index (χ3v) is 6.77. The number of thiophene rings is 1. The van der Waals surface area contributed by atoms with Crippen LogP contribution >= 0.6 is 34.9 Å². The predicted molar refractivity (Wildman–Crippen MR) is 120 cm³/mol. The van der Waals surface area contributed by atoms with E-state index in [0.29, 0.717) is 5.89 Å². The molecule has 0 saturated carbocycles. The van der Waals surface area contributed by atoms with E-state index in [-0.39, 0.29) is 40.4 Å². The van der Waals surface area contributed by atoms with Crippen LogP contribution in [0.1, 0.15) is 5.56 Å². The Morgan fingerprint density at radius 1 is 1.22 bits per heavy atom. The van der Waals surface area contributed by atoms with Crippen molar-refractivity contribution in [1.82, 2.24) is 20.4 Å². The summed E-state index contributed by atoms with van der Waals surface area (Å²) in [5, 5.41) is 12.2. The van der Waals surface area contributed by atoms with Crippen molar-refractivity contribution < 1.29 is 23.2 Å². The van der Waals surface area contributed by atoms with Gasteiger partial charge in [-0.2, -0.15) is 0 Å². The van der Waals surface area contributed by atoms with Crippen molar-refractivity contribution in [2.75, 3.05) is 18.8 Å². The molecule has 0 spiro atoms. The van der Waals surface area contributed by atoms with Gasteiger partial charge in [-0.25, -0.2) is 4.39 Å². The van der Waals surface area contributed by atoms with Gasteiger partial charge in [0, 0.05) is 18.7 Å². The average Bonchev–Trinajstić information content (AvgIpc) is 3.51. The van der Waals surface area contributed by atoms with E-state index in [1.807, 2.05) is 17.5 Å². The zero-order chi connectivity index (χ0) is 22.5. The smallest absolute Gasteiger partial charge is 0.293 e. The SMILES string of the molecule is O=C(CSc1nnc(-c2cccs2)o1)NCCN1C(=O)SC(=Cc2ccccc2F)C1=O. The van der Waals surface area contributed by atoms with Crippen LogP contribution in [0.25, 0.3) is 16.8 Å². The Morgan fingerprint density at radius 2 is 2.06 bits per heavy atom. The molecule has 12 heteroatoms. The topological polar surface area (TPSA) is 105 Å². The maximum Gasteiger partial charge on any atom is 0.293 e. The molecular formula is C20H15FN4O4S3. The summed E-state index contributed by atoms with van der Waals surface area (Å²) in [6.07, 6.45) is 1.35. The first kappa shape index (κ1) is 22.2. The first-order valence-corrected chi connectivity index (χ1v) is 12.0. The first-order valence-electron chi connectivity index (χ1n) is 9.28. The van der Waals surface area contributed by atoms with Gasteiger partial charge in [-0.05, 0) is 35.4 Å². The fourth-order valence-corrected chi connectivity index (χ4v) is 4.77. The molecule has 3 amide bonds. The van der Waals surface area contributed by atoms with Crippen LogP contribution < -0.4 is 5.32 Å². The number of hydrogen-bond acceptors (Lipinski definition) is 9. The molecule has 1 fully saturated rings. The van der Waals surface area contributed by atoms with Crippen molar-refractivity contribution in [1.29, 1.82) is 0 Å². The number of amides is 3. The molecule has 8 nitrogen and oxygen atoms in total. The molecule has 1 N–H and O–H groups in total. The Balaban J connectivity index is 1.24.